The van der Waals surface area contributed by atoms with Crippen LogP contribution in [0.3, 0.4) is 0 Å². The number of aryl methyl sites for hydroxylation is 2. The number of anilines is 1. The quantitative estimate of drug-likeness (QED) is 0.864. The molecule has 1 amide bonds. The highest BCUT2D eigenvalue weighted by atomic mass is 16.4. The molecule has 0 radical (unpaired) electrons. The molecule has 1 aromatic rings. The Hall–Kier alpha value is -1.85. The Kier molecular flexibility index (Phi) is 3.12. The topological polar surface area (TPSA) is 84.2 Å². The summed E-state index contributed by atoms with van der Waals surface area (Å²) in [4.78, 5) is 23.1. The predicted octanol–water partition coefficient (Wildman–Crippen LogP) is 1.51. The van der Waals surface area contributed by atoms with Crippen LogP contribution in [0.15, 0.2) is 6.07 Å². The normalized spacial score (nSPS) is 24.0. The maximum absolute atomic E-state index is 12.1. The first-order valence-corrected chi connectivity index (χ1v) is 6.37. The number of carboxylic acid groups (broad SMARTS) is 1. The van der Waals surface area contributed by atoms with Crippen LogP contribution in [0.5, 0.6) is 0 Å². The second-order valence-corrected chi connectivity index (χ2v) is 5.59. The zero-order chi connectivity index (χ0) is 14.4. The van der Waals surface area contributed by atoms with Crippen molar-refractivity contribution >= 4 is 17.7 Å². The molecule has 1 saturated carbocycles. The lowest BCUT2D eigenvalue weighted by Gasteiger charge is -2.02. The zero-order valence-electron chi connectivity index (χ0n) is 11.6. The van der Waals surface area contributed by atoms with E-state index in [0.29, 0.717) is 5.82 Å². The molecule has 19 heavy (non-hydrogen) atoms. The van der Waals surface area contributed by atoms with Crippen molar-refractivity contribution in [2.75, 3.05) is 5.32 Å². The standard InChI is InChI=1S/C13H19N3O3/c1-5-16-7(2)6-8(15-16)14-11(17)9-10(12(18)19)13(9,3)4/h6,9-10H,5H2,1-4H3,(H,18,19)(H,14,15,17)/t9-,10-/m1/s1. The first-order chi connectivity index (χ1) is 8.78. The third-order valence-corrected chi connectivity index (χ3v) is 3.91. The number of carbonyl (C=O) groups is 2. The van der Waals surface area contributed by atoms with Crippen molar-refractivity contribution in [2.45, 2.75) is 34.2 Å². The predicted molar refractivity (Wildman–Crippen MR) is 69.7 cm³/mol. The van der Waals surface area contributed by atoms with Gasteiger partial charge >= 0.3 is 5.97 Å². The van der Waals surface area contributed by atoms with E-state index >= 15 is 0 Å². The van der Waals surface area contributed by atoms with Crippen molar-refractivity contribution in [3.05, 3.63) is 11.8 Å². The van der Waals surface area contributed by atoms with Gasteiger partial charge in [0.05, 0.1) is 11.8 Å². The van der Waals surface area contributed by atoms with E-state index < -0.39 is 23.2 Å². The second kappa shape index (κ2) is 4.36. The number of aliphatic carboxylic acids is 1. The number of nitrogens with one attached hydrogen (secondary N) is 1. The van der Waals surface area contributed by atoms with Crippen molar-refractivity contribution in [3.63, 3.8) is 0 Å². The van der Waals surface area contributed by atoms with Crippen LogP contribution in [-0.4, -0.2) is 26.8 Å². The summed E-state index contributed by atoms with van der Waals surface area (Å²) in [5, 5.41) is 16.0. The van der Waals surface area contributed by atoms with Crippen LogP contribution >= 0.6 is 0 Å². The highest BCUT2D eigenvalue weighted by Crippen LogP contribution is 2.58. The number of carbonyl (C=O) groups excluding carboxylic acids is 1. The molecular weight excluding hydrogens is 246 g/mol. The van der Waals surface area contributed by atoms with Gasteiger partial charge in [-0.05, 0) is 19.3 Å². The fraction of sp³-hybridized carbons (Fsp3) is 0.615. The van der Waals surface area contributed by atoms with E-state index in [0.717, 1.165) is 12.2 Å². The minimum Gasteiger partial charge on any atom is -0.481 e. The summed E-state index contributed by atoms with van der Waals surface area (Å²) < 4.78 is 1.78. The highest BCUT2D eigenvalue weighted by Gasteiger charge is 2.65. The third-order valence-electron chi connectivity index (χ3n) is 3.91. The van der Waals surface area contributed by atoms with Crippen molar-refractivity contribution in [1.82, 2.24) is 9.78 Å². The summed E-state index contributed by atoms with van der Waals surface area (Å²) in [7, 11) is 0. The molecule has 6 nitrogen and oxygen atoms in total. The molecule has 1 aliphatic carbocycles. The van der Waals surface area contributed by atoms with Gasteiger partial charge in [-0.25, -0.2) is 0 Å². The monoisotopic (exact) mass is 265 g/mol. The number of nitrogens with zero attached hydrogens (tertiary/aromatic N) is 2. The minimum atomic E-state index is -0.916. The maximum Gasteiger partial charge on any atom is 0.307 e. The van der Waals surface area contributed by atoms with Gasteiger partial charge in [-0.3, -0.25) is 14.3 Å². The number of hydrogen-bond acceptors (Lipinski definition) is 3. The Morgan fingerprint density at radius 3 is 2.53 bits per heavy atom. The Morgan fingerprint density at radius 1 is 1.47 bits per heavy atom. The molecule has 1 aliphatic rings. The lowest BCUT2D eigenvalue weighted by Crippen LogP contribution is -2.18. The van der Waals surface area contributed by atoms with E-state index in [1.54, 1.807) is 24.6 Å². The van der Waals surface area contributed by atoms with Gasteiger partial charge in [0.25, 0.3) is 0 Å². The van der Waals surface area contributed by atoms with E-state index in [1.807, 2.05) is 13.8 Å². The van der Waals surface area contributed by atoms with Crippen LogP contribution in [0.2, 0.25) is 0 Å². The van der Waals surface area contributed by atoms with Gasteiger partial charge in [-0.15, -0.1) is 0 Å². The Morgan fingerprint density at radius 2 is 2.11 bits per heavy atom. The van der Waals surface area contributed by atoms with Gasteiger partial charge < -0.3 is 10.4 Å². The SMILES string of the molecule is CCn1nc(NC(=O)[C@H]2[C@H](C(=O)O)C2(C)C)cc1C. The van der Waals surface area contributed by atoms with Gasteiger partial charge in [0.2, 0.25) is 5.91 Å². The molecule has 0 aromatic carbocycles. The average Bonchev–Trinajstić information content (AvgIpc) is 2.71. The van der Waals surface area contributed by atoms with E-state index in [2.05, 4.69) is 10.4 Å². The Labute approximate surface area is 111 Å². The van der Waals surface area contributed by atoms with Crippen molar-refractivity contribution in [1.29, 1.82) is 0 Å². The van der Waals surface area contributed by atoms with Gasteiger partial charge in [0.15, 0.2) is 5.82 Å². The minimum absolute atomic E-state index is 0.266. The summed E-state index contributed by atoms with van der Waals surface area (Å²) in [6.07, 6.45) is 0. The first-order valence-electron chi connectivity index (χ1n) is 6.37. The molecule has 2 N–H and O–H groups in total. The van der Waals surface area contributed by atoms with Crippen LogP contribution in [0.1, 0.15) is 26.5 Å². The van der Waals surface area contributed by atoms with Crippen molar-refractivity contribution < 1.29 is 14.7 Å². The van der Waals surface area contributed by atoms with E-state index in [-0.39, 0.29) is 5.91 Å². The molecule has 0 unspecified atom stereocenters. The van der Waals surface area contributed by atoms with Gasteiger partial charge in [0.1, 0.15) is 0 Å². The third kappa shape index (κ3) is 2.22. The average molecular weight is 265 g/mol. The van der Waals surface area contributed by atoms with Crippen LogP contribution in [0.4, 0.5) is 5.82 Å². The number of hydrogen-bond donors (Lipinski definition) is 2. The molecule has 0 saturated heterocycles. The van der Waals surface area contributed by atoms with E-state index in [1.165, 1.54) is 0 Å². The molecule has 2 rings (SSSR count). The van der Waals surface area contributed by atoms with E-state index in [4.69, 9.17) is 5.11 Å². The lowest BCUT2D eigenvalue weighted by atomic mass is 10.1. The Bertz CT molecular complexity index is 533. The molecule has 0 spiro atoms. The molecule has 1 heterocycles. The largest absolute Gasteiger partial charge is 0.481 e. The Balaban J connectivity index is 2.08. The fourth-order valence-corrected chi connectivity index (χ4v) is 2.68. The van der Waals surface area contributed by atoms with Gasteiger partial charge in [0, 0.05) is 18.3 Å². The second-order valence-electron chi connectivity index (χ2n) is 5.59. The summed E-state index contributed by atoms with van der Waals surface area (Å²) >= 11 is 0. The highest BCUT2D eigenvalue weighted by molar-refractivity contribution is 5.99. The van der Waals surface area contributed by atoms with E-state index in [9.17, 15) is 9.59 Å². The number of aromatic nitrogens is 2. The van der Waals surface area contributed by atoms with Crippen LogP contribution in [0.25, 0.3) is 0 Å². The summed E-state index contributed by atoms with van der Waals surface area (Å²) in [6.45, 7) is 8.20. The van der Waals surface area contributed by atoms with Crippen molar-refractivity contribution in [2.24, 2.45) is 17.3 Å². The maximum atomic E-state index is 12.1. The summed E-state index contributed by atoms with van der Waals surface area (Å²) in [6, 6.07) is 1.78. The molecule has 2 atom stereocenters. The lowest BCUT2D eigenvalue weighted by molar-refractivity contribution is -0.140. The molecule has 104 valence electrons. The zero-order valence-corrected chi connectivity index (χ0v) is 11.6. The fourth-order valence-electron chi connectivity index (χ4n) is 2.68. The first kappa shape index (κ1) is 13.6. The van der Waals surface area contributed by atoms with Crippen molar-refractivity contribution in [3.8, 4) is 0 Å². The smallest absolute Gasteiger partial charge is 0.307 e. The molecule has 0 bridgehead atoms. The van der Waals surface area contributed by atoms with Crippen LogP contribution in [0, 0.1) is 24.2 Å². The molecule has 1 aromatic heterocycles. The number of carboxylic acids is 1. The summed E-state index contributed by atoms with van der Waals surface area (Å²) in [5.41, 5.74) is 0.473. The van der Waals surface area contributed by atoms with Crippen LogP contribution < -0.4 is 5.32 Å². The molecule has 6 heteroatoms. The molecular formula is C13H19N3O3. The van der Waals surface area contributed by atoms with Gasteiger partial charge in [-0.1, -0.05) is 13.8 Å². The number of amides is 1. The van der Waals surface area contributed by atoms with Gasteiger partial charge in [-0.2, -0.15) is 5.10 Å². The molecule has 1 fully saturated rings. The van der Waals surface area contributed by atoms with Crippen LogP contribution in [-0.2, 0) is 16.1 Å². The molecule has 0 aliphatic heterocycles. The summed E-state index contributed by atoms with van der Waals surface area (Å²) in [5.74, 6) is -1.80. The number of rotatable bonds is 4.